The van der Waals surface area contributed by atoms with Crippen LogP contribution in [0.5, 0.6) is 0 Å². The van der Waals surface area contributed by atoms with Crippen LogP contribution in [0, 0.1) is 25.5 Å². The molecule has 1 aromatic heterocycles. The zero-order valence-corrected chi connectivity index (χ0v) is 21.7. The quantitative estimate of drug-likeness (QED) is 0.369. The van der Waals surface area contributed by atoms with Crippen molar-refractivity contribution in [3.63, 3.8) is 0 Å². The summed E-state index contributed by atoms with van der Waals surface area (Å²) >= 11 is 0. The standard InChI is InChI=1S/C31H26F2N4O2/c1-15-10-28(34)36-16(2)26(15)14-35-31(39)19-5-8-23-25(12-19)30-24-11-18(21-9-6-20(32)13-27(21)33)4-7-22(24)29(23)37(30)17(3)38/h4-13,29-30H,14H2,1-3H3,(H2,34,36)(H,35,39). The molecule has 2 atom stereocenters. The highest BCUT2D eigenvalue weighted by Crippen LogP contribution is 2.57. The van der Waals surface area contributed by atoms with Crippen molar-refractivity contribution in [1.82, 2.24) is 15.2 Å². The number of hydrogen-bond acceptors (Lipinski definition) is 4. The molecule has 4 aromatic rings. The van der Waals surface area contributed by atoms with E-state index in [1.54, 1.807) is 23.1 Å². The number of hydrogen-bond donors (Lipinski definition) is 2. The second-order valence-corrected chi connectivity index (χ2v) is 10.2. The van der Waals surface area contributed by atoms with E-state index in [2.05, 4.69) is 10.3 Å². The maximum Gasteiger partial charge on any atom is 0.251 e. The van der Waals surface area contributed by atoms with Crippen LogP contribution in [0.3, 0.4) is 0 Å². The van der Waals surface area contributed by atoms with Crippen molar-refractivity contribution in [1.29, 1.82) is 0 Å². The number of pyridine rings is 1. The predicted octanol–water partition coefficient (Wildman–Crippen LogP) is 5.51. The molecule has 2 amide bonds. The number of anilines is 1. The number of aryl methyl sites for hydroxylation is 2. The lowest BCUT2D eigenvalue weighted by Crippen LogP contribution is -2.26. The van der Waals surface area contributed by atoms with Crippen molar-refractivity contribution in [3.8, 4) is 11.1 Å². The Morgan fingerprint density at radius 3 is 2.31 bits per heavy atom. The largest absolute Gasteiger partial charge is 0.384 e. The average molecular weight is 525 g/mol. The van der Waals surface area contributed by atoms with Gasteiger partial charge in [0.05, 0.1) is 12.1 Å². The minimum atomic E-state index is -0.650. The molecular weight excluding hydrogens is 498 g/mol. The molecule has 2 bridgehead atoms. The molecule has 0 fully saturated rings. The molecule has 3 N–H and O–H groups in total. The lowest BCUT2D eigenvalue weighted by Gasteiger charge is -2.21. The highest BCUT2D eigenvalue weighted by molar-refractivity contribution is 5.95. The number of nitrogens with zero attached hydrogens (tertiary/aromatic N) is 2. The van der Waals surface area contributed by atoms with Gasteiger partial charge in [-0.2, -0.15) is 0 Å². The molecule has 196 valence electrons. The number of carbonyl (C=O) groups excluding carboxylic acids is 2. The third-order valence-corrected chi connectivity index (χ3v) is 7.78. The molecule has 39 heavy (non-hydrogen) atoms. The number of nitrogen functional groups attached to an aromatic ring is 1. The Balaban J connectivity index is 1.34. The molecule has 0 radical (unpaired) electrons. The minimum Gasteiger partial charge on any atom is -0.384 e. The molecule has 2 aliphatic rings. The zero-order chi connectivity index (χ0) is 27.6. The number of aromatic nitrogens is 1. The molecule has 2 aliphatic heterocycles. The Morgan fingerprint density at radius 1 is 0.923 bits per heavy atom. The SMILES string of the molecule is CC(=O)N1C2c3ccc(C(=O)NCc4c(C)cc(N)nc4C)cc3C1c1cc(-c3ccc(F)cc3F)ccc12. The van der Waals surface area contributed by atoms with Gasteiger partial charge in [0.15, 0.2) is 0 Å². The van der Waals surface area contributed by atoms with Crippen LogP contribution in [0.2, 0.25) is 0 Å². The van der Waals surface area contributed by atoms with E-state index in [-0.39, 0.29) is 23.4 Å². The van der Waals surface area contributed by atoms with Gasteiger partial charge < -0.3 is 16.0 Å². The summed E-state index contributed by atoms with van der Waals surface area (Å²) in [6.07, 6.45) is 0. The topological polar surface area (TPSA) is 88.3 Å². The third-order valence-electron chi connectivity index (χ3n) is 7.78. The minimum absolute atomic E-state index is 0.0975. The molecule has 3 heterocycles. The van der Waals surface area contributed by atoms with Gasteiger partial charge in [0.2, 0.25) is 5.91 Å². The van der Waals surface area contributed by atoms with Crippen LogP contribution < -0.4 is 11.1 Å². The molecule has 0 saturated carbocycles. The number of fused-ring (bicyclic) bond motifs is 8. The van der Waals surface area contributed by atoms with Gasteiger partial charge in [0.25, 0.3) is 5.91 Å². The number of carbonyl (C=O) groups is 2. The number of rotatable bonds is 4. The third kappa shape index (κ3) is 3.94. The monoisotopic (exact) mass is 524 g/mol. The van der Waals surface area contributed by atoms with Crippen molar-refractivity contribution < 1.29 is 18.4 Å². The lowest BCUT2D eigenvalue weighted by molar-refractivity contribution is -0.130. The van der Waals surface area contributed by atoms with Crippen LogP contribution in [0.25, 0.3) is 11.1 Å². The van der Waals surface area contributed by atoms with Crippen LogP contribution in [0.15, 0.2) is 60.7 Å². The maximum atomic E-state index is 14.6. The Labute approximate surface area is 224 Å². The first-order valence-corrected chi connectivity index (χ1v) is 12.7. The zero-order valence-electron chi connectivity index (χ0n) is 21.7. The Bertz CT molecular complexity index is 1680. The van der Waals surface area contributed by atoms with E-state index in [4.69, 9.17) is 5.73 Å². The van der Waals surface area contributed by atoms with Gasteiger partial charge in [-0.1, -0.05) is 18.2 Å². The average Bonchev–Trinajstić information content (AvgIpc) is 3.40. The van der Waals surface area contributed by atoms with E-state index in [9.17, 15) is 18.4 Å². The van der Waals surface area contributed by atoms with Gasteiger partial charge in [-0.3, -0.25) is 9.59 Å². The van der Waals surface area contributed by atoms with Crippen LogP contribution >= 0.6 is 0 Å². The van der Waals surface area contributed by atoms with E-state index >= 15 is 0 Å². The number of nitrogens with one attached hydrogen (secondary N) is 1. The summed E-state index contributed by atoms with van der Waals surface area (Å²) in [5.74, 6) is -1.19. The summed E-state index contributed by atoms with van der Waals surface area (Å²) in [4.78, 5) is 32.0. The molecule has 3 aromatic carbocycles. The summed E-state index contributed by atoms with van der Waals surface area (Å²) in [6.45, 7) is 5.62. The summed E-state index contributed by atoms with van der Waals surface area (Å²) in [6, 6.07) is 15.7. The number of nitrogens with two attached hydrogens (primary N) is 1. The fourth-order valence-electron chi connectivity index (χ4n) is 6.03. The molecule has 0 aliphatic carbocycles. The lowest BCUT2D eigenvalue weighted by atomic mass is 9.83. The van der Waals surface area contributed by atoms with Gasteiger partial charge in [0.1, 0.15) is 17.5 Å². The van der Waals surface area contributed by atoms with Crippen LogP contribution in [0.4, 0.5) is 14.6 Å². The fraction of sp³-hybridized carbons (Fsp3) is 0.194. The number of benzene rings is 3. The highest BCUT2D eigenvalue weighted by Gasteiger charge is 2.49. The van der Waals surface area contributed by atoms with Crippen LogP contribution in [-0.2, 0) is 11.3 Å². The highest BCUT2D eigenvalue weighted by atomic mass is 19.1. The number of halogens is 2. The van der Waals surface area contributed by atoms with E-state index in [0.29, 0.717) is 23.5 Å². The first-order valence-electron chi connectivity index (χ1n) is 12.7. The van der Waals surface area contributed by atoms with Crippen LogP contribution in [-0.4, -0.2) is 21.7 Å². The summed E-state index contributed by atoms with van der Waals surface area (Å²) in [7, 11) is 0. The van der Waals surface area contributed by atoms with Crippen LogP contribution in [0.1, 0.15) is 68.4 Å². The van der Waals surface area contributed by atoms with Gasteiger partial charge >= 0.3 is 0 Å². The van der Waals surface area contributed by atoms with Crippen molar-refractivity contribution in [3.05, 3.63) is 117 Å². The second-order valence-electron chi connectivity index (χ2n) is 10.2. The molecule has 6 nitrogen and oxygen atoms in total. The summed E-state index contributed by atoms with van der Waals surface area (Å²) in [5, 5.41) is 2.97. The van der Waals surface area contributed by atoms with Gasteiger partial charge in [-0.15, -0.1) is 0 Å². The van der Waals surface area contributed by atoms with Crippen molar-refractivity contribution >= 4 is 17.6 Å². The molecule has 8 heteroatoms. The van der Waals surface area contributed by atoms with Gasteiger partial charge in [-0.05, 0) is 89.2 Å². The Morgan fingerprint density at radius 2 is 1.62 bits per heavy atom. The summed E-state index contributed by atoms with van der Waals surface area (Å²) < 4.78 is 28.1. The number of amides is 2. The maximum absolute atomic E-state index is 14.6. The molecule has 0 saturated heterocycles. The van der Waals surface area contributed by atoms with Gasteiger partial charge in [-0.25, -0.2) is 13.8 Å². The first-order chi connectivity index (χ1) is 18.6. The Kier molecular flexibility index (Phi) is 5.71. The second kappa shape index (κ2) is 9.01. The summed E-state index contributed by atoms with van der Waals surface area (Å²) in [5.41, 5.74) is 13.5. The van der Waals surface area contributed by atoms with E-state index in [1.807, 2.05) is 38.1 Å². The Hall–Kier alpha value is -4.59. The molecular formula is C31H26F2N4O2. The van der Waals surface area contributed by atoms with Gasteiger partial charge in [0, 0.05) is 36.4 Å². The first kappa shape index (κ1) is 24.7. The van der Waals surface area contributed by atoms with Crippen molar-refractivity contribution in [2.75, 3.05) is 5.73 Å². The molecule has 6 rings (SSSR count). The molecule has 2 unspecified atom stereocenters. The van der Waals surface area contributed by atoms with E-state index in [0.717, 1.165) is 45.1 Å². The van der Waals surface area contributed by atoms with Crippen molar-refractivity contribution in [2.45, 2.75) is 39.4 Å². The fourth-order valence-corrected chi connectivity index (χ4v) is 6.03. The smallest absolute Gasteiger partial charge is 0.251 e. The molecule has 0 spiro atoms. The van der Waals surface area contributed by atoms with E-state index < -0.39 is 17.7 Å². The van der Waals surface area contributed by atoms with E-state index in [1.165, 1.54) is 19.1 Å². The predicted molar refractivity (Wildman–Crippen MR) is 144 cm³/mol. The van der Waals surface area contributed by atoms with Crippen molar-refractivity contribution in [2.24, 2.45) is 0 Å². The normalized spacial score (nSPS) is 16.7.